The minimum Gasteiger partial charge on any atom is -0.378 e. The van der Waals surface area contributed by atoms with Gasteiger partial charge in [-0.25, -0.2) is 0 Å². The number of hydrogen-bond donors (Lipinski definition) is 2. The van der Waals surface area contributed by atoms with Crippen molar-refractivity contribution in [2.45, 2.75) is 26.7 Å². The monoisotopic (exact) mass is 376 g/mol. The first-order valence-corrected chi connectivity index (χ1v) is 9.34. The summed E-state index contributed by atoms with van der Waals surface area (Å²) in [7, 11) is 0. The maximum atomic E-state index is 12.1. The van der Waals surface area contributed by atoms with Gasteiger partial charge in [0.2, 0.25) is 11.8 Å². The molecule has 1 aliphatic heterocycles. The highest BCUT2D eigenvalue weighted by Crippen LogP contribution is 2.14. The standard InChI is InChI=1S/C19H28N4O4/c1-3-22(4-2)16-7-5-15(6-8-16)19(26)21-20-17(24)9-10-18(25)23-11-13-27-14-12-23/h5-8H,3-4,9-14H2,1-2H3,(H,20,24)(H,21,26). The van der Waals surface area contributed by atoms with Crippen molar-refractivity contribution in [2.75, 3.05) is 44.3 Å². The Morgan fingerprint density at radius 2 is 1.63 bits per heavy atom. The first-order valence-electron chi connectivity index (χ1n) is 9.34. The van der Waals surface area contributed by atoms with E-state index in [1.165, 1.54) is 0 Å². The summed E-state index contributed by atoms with van der Waals surface area (Å²) in [6, 6.07) is 7.20. The van der Waals surface area contributed by atoms with Crippen LogP contribution in [0.5, 0.6) is 0 Å². The predicted octanol–water partition coefficient (Wildman–Crippen LogP) is 0.933. The average Bonchev–Trinajstić information content (AvgIpc) is 2.72. The third kappa shape index (κ3) is 6.25. The Balaban J connectivity index is 1.74. The molecule has 1 aromatic rings. The molecule has 27 heavy (non-hydrogen) atoms. The average molecular weight is 376 g/mol. The molecule has 1 aromatic carbocycles. The number of benzene rings is 1. The summed E-state index contributed by atoms with van der Waals surface area (Å²) < 4.78 is 5.19. The third-order valence-corrected chi connectivity index (χ3v) is 4.50. The highest BCUT2D eigenvalue weighted by atomic mass is 16.5. The van der Waals surface area contributed by atoms with Crippen molar-refractivity contribution < 1.29 is 19.1 Å². The van der Waals surface area contributed by atoms with Crippen LogP contribution in [0.2, 0.25) is 0 Å². The molecular formula is C19H28N4O4. The number of anilines is 1. The van der Waals surface area contributed by atoms with Crippen molar-refractivity contribution >= 4 is 23.4 Å². The second kappa shape index (κ2) is 10.5. The van der Waals surface area contributed by atoms with E-state index < -0.39 is 11.8 Å². The lowest BCUT2D eigenvalue weighted by Gasteiger charge is -2.26. The van der Waals surface area contributed by atoms with Gasteiger partial charge in [0, 0.05) is 50.3 Å². The molecule has 1 fully saturated rings. The molecule has 0 saturated carbocycles. The van der Waals surface area contributed by atoms with Gasteiger partial charge in [-0.2, -0.15) is 0 Å². The van der Waals surface area contributed by atoms with E-state index in [0.29, 0.717) is 31.9 Å². The van der Waals surface area contributed by atoms with E-state index >= 15 is 0 Å². The van der Waals surface area contributed by atoms with Gasteiger partial charge in [-0.05, 0) is 38.1 Å². The van der Waals surface area contributed by atoms with E-state index in [-0.39, 0.29) is 18.7 Å². The normalized spacial score (nSPS) is 13.8. The molecular weight excluding hydrogens is 348 g/mol. The molecule has 0 atom stereocenters. The molecule has 2 rings (SSSR count). The van der Waals surface area contributed by atoms with Gasteiger partial charge in [0.1, 0.15) is 0 Å². The van der Waals surface area contributed by atoms with Gasteiger partial charge >= 0.3 is 0 Å². The van der Waals surface area contributed by atoms with Crippen LogP contribution < -0.4 is 15.8 Å². The fourth-order valence-corrected chi connectivity index (χ4v) is 2.86. The van der Waals surface area contributed by atoms with Crippen molar-refractivity contribution in [3.05, 3.63) is 29.8 Å². The van der Waals surface area contributed by atoms with Crippen LogP contribution in [0.25, 0.3) is 0 Å². The summed E-state index contributed by atoms with van der Waals surface area (Å²) in [5.41, 5.74) is 6.23. The van der Waals surface area contributed by atoms with E-state index in [9.17, 15) is 14.4 Å². The number of nitrogens with one attached hydrogen (secondary N) is 2. The Kier molecular flexibility index (Phi) is 8.06. The van der Waals surface area contributed by atoms with Crippen LogP contribution in [-0.2, 0) is 14.3 Å². The number of morpholine rings is 1. The zero-order valence-corrected chi connectivity index (χ0v) is 16.0. The molecule has 1 heterocycles. The molecule has 1 saturated heterocycles. The summed E-state index contributed by atoms with van der Waals surface area (Å²) in [6.45, 7) is 8.10. The Labute approximate surface area is 159 Å². The van der Waals surface area contributed by atoms with Crippen molar-refractivity contribution in [1.82, 2.24) is 15.8 Å². The lowest BCUT2D eigenvalue weighted by Crippen LogP contribution is -2.43. The van der Waals surface area contributed by atoms with Gasteiger partial charge in [-0.3, -0.25) is 25.2 Å². The van der Waals surface area contributed by atoms with E-state index in [1.54, 1.807) is 17.0 Å². The summed E-state index contributed by atoms with van der Waals surface area (Å²) in [5, 5.41) is 0. The van der Waals surface area contributed by atoms with Crippen LogP contribution in [0, 0.1) is 0 Å². The predicted molar refractivity (Wildman–Crippen MR) is 102 cm³/mol. The fraction of sp³-hybridized carbons (Fsp3) is 0.526. The second-order valence-electron chi connectivity index (χ2n) is 6.21. The van der Waals surface area contributed by atoms with Crippen LogP contribution >= 0.6 is 0 Å². The van der Waals surface area contributed by atoms with Crippen molar-refractivity contribution in [3.63, 3.8) is 0 Å². The summed E-state index contributed by atoms with van der Waals surface area (Å²) in [6.07, 6.45) is 0.137. The van der Waals surface area contributed by atoms with Gasteiger partial charge in [0.05, 0.1) is 13.2 Å². The number of nitrogens with zero attached hydrogens (tertiary/aromatic N) is 2. The lowest BCUT2D eigenvalue weighted by atomic mass is 10.2. The topological polar surface area (TPSA) is 91.0 Å². The Bertz CT molecular complexity index is 638. The summed E-state index contributed by atoms with van der Waals surface area (Å²) in [5.74, 6) is -0.870. The number of carbonyl (C=O) groups excluding carboxylic acids is 3. The molecule has 0 unspecified atom stereocenters. The Hall–Kier alpha value is -2.61. The van der Waals surface area contributed by atoms with Crippen molar-refractivity contribution in [1.29, 1.82) is 0 Å². The zero-order valence-electron chi connectivity index (χ0n) is 16.0. The van der Waals surface area contributed by atoms with Crippen LogP contribution in [0.4, 0.5) is 5.69 Å². The number of amides is 3. The number of rotatable bonds is 7. The minimum absolute atomic E-state index is 0.0252. The fourth-order valence-electron chi connectivity index (χ4n) is 2.86. The maximum Gasteiger partial charge on any atom is 0.269 e. The molecule has 0 aromatic heterocycles. The molecule has 148 valence electrons. The van der Waals surface area contributed by atoms with E-state index in [2.05, 4.69) is 29.6 Å². The van der Waals surface area contributed by atoms with Crippen LogP contribution in [0.1, 0.15) is 37.0 Å². The lowest BCUT2D eigenvalue weighted by molar-refractivity contribution is -0.137. The Morgan fingerprint density at radius 1 is 1.00 bits per heavy atom. The minimum atomic E-state index is -0.398. The third-order valence-electron chi connectivity index (χ3n) is 4.50. The smallest absolute Gasteiger partial charge is 0.269 e. The maximum absolute atomic E-state index is 12.1. The van der Waals surface area contributed by atoms with Crippen LogP contribution in [-0.4, -0.2) is 62.0 Å². The molecule has 1 aliphatic rings. The summed E-state index contributed by atoms with van der Waals surface area (Å²) >= 11 is 0. The van der Waals surface area contributed by atoms with Gasteiger partial charge in [0.15, 0.2) is 0 Å². The van der Waals surface area contributed by atoms with Gasteiger partial charge in [0.25, 0.3) is 5.91 Å². The molecule has 8 heteroatoms. The van der Waals surface area contributed by atoms with Crippen molar-refractivity contribution in [2.24, 2.45) is 0 Å². The molecule has 0 radical (unpaired) electrons. The number of carbonyl (C=O) groups is 3. The quantitative estimate of drug-likeness (QED) is 0.691. The van der Waals surface area contributed by atoms with E-state index in [1.807, 2.05) is 12.1 Å². The molecule has 0 spiro atoms. The van der Waals surface area contributed by atoms with E-state index in [4.69, 9.17) is 4.74 Å². The van der Waals surface area contributed by atoms with Crippen molar-refractivity contribution in [3.8, 4) is 0 Å². The second-order valence-corrected chi connectivity index (χ2v) is 6.21. The SMILES string of the molecule is CCN(CC)c1ccc(C(=O)NNC(=O)CCC(=O)N2CCOCC2)cc1. The molecule has 2 N–H and O–H groups in total. The van der Waals surface area contributed by atoms with Gasteiger partial charge < -0.3 is 14.5 Å². The number of hydrogen-bond acceptors (Lipinski definition) is 5. The van der Waals surface area contributed by atoms with Gasteiger partial charge in [-0.1, -0.05) is 0 Å². The first kappa shape index (κ1) is 20.7. The Morgan fingerprint density at radius 3 is 2.22 bits per heavy atom. The zero-order chi connectivity index (χ0) is 19.6. The highest BCUT2D eigenvalue weighted by molar-refractivity contribution is 5.96. The molecule has 0 bridgehead atoms. The largest absolute Gasteiger partial charge is 0.378 e. The molecule has 0 aliphatic carbocycles. The van der Waals surface area contributed by atoms with Crippen LogP contribution in [0.3, 0.4) is 0 Å². The molecule has 8 nitrogen and oxygen atoms in total. The molecule has 3 amide bonds. The summed E-state index contributed by atoms with van der Waals surface area (Å²) in [4.78, 5) is 39.8. The van der Waals surface area contributed by atoms with E-state index in [0.717, 1.165) is 18.8 Å². The van der Waals surface area contributed by atoms with Gasteiger partial charge in [-0.15, -0.1) is 0 Å². The number of ether oxygens (including phenoxy) is 1. The highest BCUT2D eigenvalue weighted by Gasteiger charge is 2.17. The number of hydrazine groups is 1. The van der Waals surface area contributed by atoms with Crippen LogP contribution in [0.15, 0.2) is 24.3 Å². The first-order chi connectivity index (χ1) is 13.0.